The molecule has 1 heterocycles. The summed E-state index contributed by atoms with van der Waals surface area (Å²) in [7, 11) is 0. The van der Waals surface area contributed by atoms with E-state index in [1.165, 1.54) is 6.42 Å². The van der Waals surface area contributed by atoms with Crippen molar-refractivity contribution >= 4 is 6.29 Å². The van der Waals surface area contributed by atoms with E-state index in [0.717, 1.165) is 45.2 Å². The van der Waals surface area contributed by atoms with E-state index >= 15 is 0 Å². The van der Waals surface area contributed by atoms with Crippen LogP contribution in [0.4, 0.5) is 0 Å². The number of carbonyl (C=O) groups excluding carboxylic acids is 1. The van der Waals surface area contributed by atoms with Crippen molar-refractivity contribution in [3.8, 4) is 0 Å². The smallest absolute Gasteiger partial charge is 0.119 e. The number of ether oxygens (including phenoxy) is 1. The topological polar surface area (TPSA) is 26.3 Å². The fourth-order valence-corrected chi connectivity index (χ4v) is 1.73. The van der Waals surface area contributed by atoms with Gasteiger partial charge in [0, 0.05) is 19.6 Å². The molecule has 0 aromatic heterocycles. The predicted molar refractivity (Wildman–Crippen MR) is 48.1 cm³/mol. The van der Waals surface area contributed by atoms with Gasteiger partial charge in [0.1, 0.15) is 6.29 Å². The second-order valence-electron chi connectivity index (χ2n) is 3.98. The molecule has 2 nitrogen and oxygen atoms in total. The first kappa shape index (κ1) is 9.72. The molecule has 1 aliphatic heterocycles. The van der Waals surface area contributed by atoms with E-state index in [-0.39, 0.29) is 0 Å². The van der Waals surface area contributed by atoms with Gasteiger partial charge in [0.05, 0.1) is 0 Å². The lowest BCUT2D eigenvalue weighted by atomic mass is 9.78. The number of unbranched alkanes of at least 4 members (excludes halogenated alkanes) is 1. The van der Waals surface area contributed by atoms with Crippen LogP contribution in [-0.4, -0.2) is 19.5 Å². The van der Waals surface area contributed by atoms with Gasteiger partial charge in [0.2, 0.25) is 0 Å². The van der Waals surface area contributed by atoms with Gasteiger partial charge >= 0.3 is 0 Å². The summed E-state index contributed by atoms with van der Waals surface area (Å²) < 4.78 is 5.30. The van der Waals surface area contributed by atoms with Gasteiger partial charge in [-0.2, -0.15) is 0 Å². The van der Waals surface area contributed by atoms with Crippen molar-refractivity contribution < 1.29 is 9.53 Å². The summed E-state index contributed by atoms with van der Waals surface area (Å²) in [5.74, 6) is 0. The second kappa shape index (κ2) is 4.61. The Hall–Kier alpha value is -0.370. The van der Waals surface area contributed by atoms with Gasteiger partial charge in [-0.3, -0.25) is 0 Å². The van der Waals surface area contributed by atoms with Crippen LogP contribution in [0.1, 0.15) is 39.0 Å². The summed E-state index contributed by atoms with van der Waals surface area (Å²) in [6.45, 7) is 4.11. The van der Waals surface area contributed by atoms with Crippen molar-refractivity contribution in [3.05, 3.63) is 0 Å². The lowest BCUT2D eigenvalue weighted by molar-refractivity contribution is -0.108. The van der Waals surface area contributed by atoms with Crippen molar-refractivity contribution in [1.29, 1.82) is 0 Å². The van der Waals surface area contributed by atoms with Gasteiger partial charge in [-0.1, -0.05) is 6.92 Å². The second-order valence-corrected chi connectivity index (χ2v) is 3.98. The van der Waals surface area contributed by atoms with Crippen LogP contribution < -0.4 is 0 Å². The highest BCUT2D eigenvalue weighted by Gasteiger charge is 2.26. The molecule has 0 spiro atoms. The van der Waals surface area contributed by atoms with Crippen molar-refractivity contribution in [2.75, 3.05) is 13.2 Å². The van der Waals surface area contributed by atoms with E-state index in [0.29, 0.717) is 5.41 Å². The number of hydrogen-bond acceptors (Lipinski definition) is 2. The zero-order valence-electron chi connectivity index (χ0n) is 7.84. The SMILES string of the molecule is CC1(CCCC=O)CCOCC1. The van der Waals surface area contributed by atoms with Crippen molar-refractivity contribution in [2.45, 2.75) is 39.0 Å². The van der Waals surface area contributed by atoms with Crippen LogP contribution in [0.3, 0.4) is 0 Å². The Morgan fingerprint density at radius 2 is 2.08 bits per heavy atom. The molecular weight excluding hydrogens is 152 g/mol. The van der Waals surface area contributed by atoms with Crippen LogP contribution in [-0.2, 0) is 9.53 Å². The molecule has 0 atom stereocenters. The minimum absolute atomic E-state index is 0.446. The van der Waals surface area contributed by atoms with E-state index < -0.39 is 0 Å². The molecule has 0 aromatic carbocycles. The molecule has 0 bridgehead atoms. The van der Waals surface area contributed by atoms with Crippen LogP contribution in [0.15, 0.2) is 0 Å². The minimum atomic E-state index is 0.446. The molecule has 0 radical (unpaired) electrons. The zero-order chi connectivity index (χ0) is 8.86. The first-order chi connectivity index (χ1) is 5.77. The minimum Gasteiger partial charge on any atom is -0.381 e. The quantitative estimate of drug-likeness (QED) is 0.477. The van der Waals surface area contributed by atoms with Crippen LogP contribution in [0, 0.1) is 5.41 Å². The average Bonchev–Trinajstić information content (AvgIpc) is 2.06. The first-order valence-corrected chi connectivity index (χ1v) is 4.78. The number of hydrogen-bond donors (Lipinski definition) is 0. The molecule has 0 unspecified atom stereocenters. The van der Waals surface area contributed by atoms with Crippen LogP contribution in [0.2, 0.25) is 0 Å². The van der Waals surface area contributed by atoms with Gasteiger partial charge in [-0.15, -0.1) is 0 Å². The van der Waals surface area contributed by atoms with E-state index in [4.69, 9.17) is 4.74 Å². The van der Waals surface area contributed by atoms with Gasteiger partial charge in [0.25, 0.3) is 0 Å². The summed E-state index contributed by atoms with van der Waals surface area (Å²) in [6.07, 6.45) is 6.27. The van der Waals surface area contributed by atoms with E-state index in [2.05, 4.69) is 6.92 Å². The summed E-state index contributed by atoms with van der Waals surface area (Å²) >= 11 is 0. The van der Waals surface area contributed by atoms with Crippen LogP contribution >= 0.6 is 0 Å². The molecule has 0 N–H and O–H groups in total. The molecule has 1 aliphatic rings. The predicted octanol–water partition coefficient (Wildman–Crippen LogP) is 2.17. The third kappa shape index (κ3) is 2.94. The Morgan fingerprint density at radius 3 is 2.67 bits per heavy atom. The van der Waals surface area contributed by atoms with Crippen molar-refractivity contribution in [2.24, 2.45) is 5.41 Å². The normalized spacial score (nSPS) is 22.1. The molecule has 0 amide bonds. The first-order valence-electron chi connectivity index (χ1n) is 4.78. The maximum absolute atomic E-state index is 10.1. The number of aldehydes is 1. The summed E-state index contributed by atoms with van der Waals surface area (Å²) in [6, 6.07) is 0. The molecule has 12 heavy (non-hydrogen) atoms. The highest BCUT2D eigenvalue weighted by atomic mass is 16.5. The third-order valence-electron chi connectivity index (χ3n) is 2.80. The molecule has 1 fully saturated rings. The lowest BCUT2D eigenvalue weighted by Crippen LogP contribution is -2.26. The number of rotatable bonds is 4. The zero-order valence-corrected chi connectivity index (χ0v) is 7.84. The van der Waals surface area contributed by atoms with Gasteiger partial charge < -0.3 is 9.53 Å². The summed E-state index contributed by atoms with van der Waals surface area (Å²) in [5.41, 5.74) is 0.446. The summed E-state index contributed by atoms with van der Waals surface area (Å²) in [4.78, 5) is 10.1. The van der Waals surface area contributed by atoms with E-state index in [9.17, 15) is 4.79 Å². The number of carbonyl (C=O) groups is 1. The van der Waals surface area contributed by atoms with E-state index in [1.54, 1.807) is 0 Å². The fourth-order valence-electron chi connectivity index (χ4n) is 1.73. The van der Waals surface area contributed by atoms with Gasteiger partial charge in [-0.05, 0) is 31.1 Å². The molecule has 0 aliphatic carbocycles. The highest BCUT2D eigenvalue weighted by molar-refractivity contribution is 5.48. The Kier molecular flexibility index (Phi) is 3.73. The largest absolute Gasteiger partial charge is 0.381 e. The molecule has 1 rings (SSSR count). The highest BCUT2D eigenvalue weighted by Crippen LogP contribution is 2.34. The van der Waals surface area contributed by atoms with Crippen LogP contribution in [0.5, 0.6) is 0 Å². The van der Waals surface area contributed by atoms with Gasteiger partial charge in [-0.25, -0.2) is 0 Å². The van der Waals surface area contributed by atoms with Crippen LogP contribution in [0.25, 0.3) is 0 Å². The fraction of sp³-hybridized carbons (Fsp3) is 0.900. The lowest BCUT2D eigenvalue weighted by Gasteiger charge is -2.33. The standard InChI is InChI=1S/C10H18O2/c1-10(4-2-3-7-11)5-8-12-9-6-10/h7H,2-6,8-9H2,1H3. The van der Waals surface area contributed by atoms with Gasteiger partial charge in [0.15, 0.2) is 0 Å². The Labute approximate surface area is 74.3 Å². The molecule has 0 saturated carbocycles. The van der Waals surface area contributed by atoms with E-state index in [1.807, 2.05) is 0 Å². The third-order valence-corrected chi connectivity index (χ3v) is 2.80. The molecule has 0 aromatic rings. The molecule has 2 heteroatoms. The summed E-state index contributed by atoms with van der Waals surface area (Å²) in [5, 5.41) is 0. The Morgan fingerprint density at radius 1 is 1.42 bits per heavy atom. The van der Waals surface area contributed by atoms with Crippen molar-refractivity contribution in [3.63, 3.8) is 0 Å². The van der Waals surface area contributed by atoms with Crippen molar-refractivity contribution in [1.82, 2.24) is 0 Å². The Bertz CT molecular complexity index is 137. The maximum Gasteiger partial charge on any atom is 0.119 e. The molecular formula is C10H18O2. The average molecular weight is 170 g/mol. The Balaban J connectivity index is 2.21. The monoisotopic (exact) mass is 170 g/mol. The molecule has 70 valence electrons. The molecule has 1 saturated heterocycles. The maximum atomic E-state index is 10.1.